The first kappa shape index (κ1) is 18.6. The number of anilines is 1. The normalized spacial score (nSPS) is 12.8. The number of amides is 1. The molecule has 1 aliphatic rings. The molecule has 1 amide bonds. The summed E-state index contributed by atoms with van der Waals surface area (Å²) < 4.78 is 2.08. The van der Waals surface area contributed by atoms with Crippen LogP contribution in [0.15, 0.2) is 62.8 Å². The van der Waals surface area contributed by atoms with Gasteiger partial charge in [0.05, 0.1) is 10.9 Å². The van der Waals surface area contributed by atoms with Gasteiger partial charge in [-0.2, -0.15) is 0 Å². The van der Waals surface area contributed by atoms with Crippen molar-refractivity contribution in [2.45, 2.75) is 13.6 Å². The van der Waals surface area contributed by atoms with E-state index in [1.165, 1.54) is 4.57 Å². The van der Waals surface area contributed by atoms with Gasteiger partial charge in [-0.1, -0.05) is 45.5 Å². The zero-order chi connectivity index (χ0) is 19.8. The van der Waals surface area contributed by atoms with Crippen LogP contribution in [0, 0.1) is 0 Å². The summed E-state index contributed by atoms with van der Waals surface area (Å²) in [5.74, 6) is -0.664. The fraction of sp³-hybridized carbons (Fsp3) is 0.150. The Morgan fingerprint density at radius 3 is 2.64 bits per heavy atom. The minimum absolute atomic E-state index is 0.186. The molecule has 0 spiro atoms. The fourth-order valence-electron chi connectivity index (χ4n) is 3.16. The number of carbonyl (C=O) groups excluding carboxylic acids is 1. The third-order valence-electron chi connectivity index (χ3n) is 4.57. The Morgan fingerprint density at radius 1 is 1.18 bits per heavy atom. The van der Waals surface area contributed by atoms with Gasteiger partial charge in [-0.25, -0.2) is 4.99 Å². The average Bonchev–Trinajstić information content (AvgIpc) is 3.15. The number of aromatic nitrogens is 1. The minimum Gasteiger partial charge on any atom is -0.493 e. The monoisotopic (exact) mass is 457 g/mol. The van der Waals surface area contributed by atoms with Gasteiger partial charge < -0.3 is 10.0 Å². The van der Waals surface area contributed by atoms with Crippen molar-refractivity contribution in [3.63, 3.8) is 0 Å². The maximum absolute atomic E-state index is 12.6. The average molecular weight is 458 g/mol. The van der Waals surface area contributed by atoms with E-state index in [-0.39, 0.29) is 27.9 Å². The van der Waals surface area contributed by atoms with Gasteiger partial charge in [0.15, 0.2) is 0 Å². The Labute approximate surface area is 172 Å². The molecule has 1 aromatic heterocycles. The van der Waals surface area contributed by atoms with Crippen molar-refractivity contribution in [1.82, 2.24) is 4.57 Å². The highest BCUT2D eigenvalue weighted by atomic mass is 79.9. The largest absolute Gasteiger partial charge is 0.493 e. The maximum Gasteiger partial charge on any atom is 0.312 e. The number of halogens is 1. The number of fused-ring (bicyclic) bond motifs is 1. The third kappa shape index (κ3) is 3.18. The van der Waals surface area contributed by atoms with Crippen molar-refractivity contribution in [2.24, 2.45) is 4.99 Å². The Balaban J connectivity index is 1.81. The van der Waals surface area contributed by atoms with E-state index in [0.29, 0.717) is 17.1 Å². The molecule has 0 bridgehead atoms. The van der Waals surface area contributed by atoms with Crippen LogP contribution >= 0.6 is 27.3 Å². The first-order valence-electron chi connectivity index (χ1n) is 8.65. The van der Waals surface area contributed by atoms with Gasteiger partial charge in [-0.15, -0.1) is 0 Å². The maximum atomic E-state index is 12.6. The number of carbonyl (C=O) groups is 1. The van der Waals surface area contributed by atoms with Crippen LogP contribution < -0.4 is 20.3 Å². The molecule has 6 nitrogen and oxygen atoms in total. The summed E-state index contributed by atoms with van der Waals surface area (Å²) in [7, 11) is 0. The van der Waals surface area contributed by atoms with Crippen LogP contribution in [-0.4, -0.2) is 22.1 Å². The molecular weight excluding hydrogens is 442 g/mol. The SMILES string of the molecule is CCN(Cn1c(O)c(C2=c3cc(Br)ccc3=NC2=O)sc1=O)c1ccccc1. The van der Waals surface area contributed by atoms with Gasteiger partial charge in [-0.05, 0) is 37.3 Å². The molecule has 8 heteroatoms. The molecular formula is C20H16BrN3O3S. The summed E-state index contributed by atoms with van der Waals surface area (Å²) in [6.45, 7) is 2.82. The highest BCUT2D eigenvalue weighted by Crippen LogP contribution is 2.29. The molecule has 3 aromatic rings. The summed E-state index contributed by atoms with van der Waals surface area (Å²) >= 11 is 4.25. The predicted molar refractivity (Wildman–Crippen MR) is 112 cm³/mol. The van der Waals surface area contributed by atoms with Crippen molar-refractivity contribution in [2.75, 3.05) is 11.4 Å². The topological polar surface area (TPSA) is 74.9 Å². The van der Waals surface area contributed by atoms with Crippen LogP contribution in [0.1, 0.15) is 11.8 Å². The lowest BCUT2D eigenvalue weighted by Crippen LogP contribution is -2.29. The van der Waals surface area contributed by atoms with E-state index in [1.807, 2.05) is 42.2 Å². The zero-order valence-corrected chi connectivity index (χ0v) is 17.3. The number of hydrogen-bond acceptors (Lipinski definition) is 5. The molecule has 0 saturated carbocycles. The van der Waals surface area contributed by atoms with Crippen molar-refractivity contribution in [3.8, 4) is 5.88 Å². The van der Waals surface area contributed by atoms with E-state index in [0.717, 1.165) is 21.5 Å². The second-order valence-electron chi connectivity index (χ2n) is 6.24. The molecule has 4 rings (SSSR count). The third-order valence-corrected chi connectivity index (χ3v) is 6.05. The van der Waals surface area contributed by atoms with Gasteiger partial charge in [-0.3, -0.25) is 14.2 Å². The summed E-state index contributed by atoms with van der Waals surface area (Å²) in [6, 6.07) is 15.0. The van der Waals surface area contributed by atoms with E-state index >= 15 is 0 Å². The van der Waals surface area contributed by atoms with Crippen LogP contribution in [0.3, 0.4) is 0 Å². The van der Waals surface area contributed by atoms with Gasteiger partial charge in [0.2, 0.25) is 5.88 Å². The standard InChI is InChI=1S/C20H16BrN3O3S/c1-2-23(13-6-4-3-5-7-13)11-24-19(26)17(28-20(24)27)16-14-10-12(21)8-9-15(14)22-18(16)25/h3-10,26H,2,11H2,1H3. The van der Waals surface area contributed by atoms with E-state index in [9.17, 15) is 14.7 Å². The van der Waals surface area contributed by atoms with Crippen molar-refractivity contribution >= 4 is 44.4 Å². The minimum atomic E-state index is -0.452. The number of benzene rings is 2. The predicted octanol–water partition coefficient (Wildman–Crippen LogP) is 2.22. The van der Waals surface area contributed by atoms with Crippen molar-refractivity contribution in [3.05, 3.63) is 78.1 Å². The molecule has 1 aliphatic heterocycles. The summed E-state index contributed by atoms with van der Waals surface area (Å²) in [5.41, 5.74) is 1.20. The van der Waals surface area contributed by atoms with Crippen LogP contribution in [0.2, 0.25) is 0 Å². The van der Waals surface area contributed by atoms with Crippen molar-refractivity contribution in [1.29, 1.82) is 0 Å². The first-order chi connectivity index (χ1) is 13.5. The number of rotatable bonds is 5. The Hall–Kier alpha value is -2.71. The molecule has 0 fully saturated rings. The highest BCUT2D eigenvalue weighted by Gasteiger charge is 2.26. The van der Waals surface area contributed by atoms with Gasteiger partial charge in [0, 0.05) is 21.9 Å². The van der Waals surface area contributed by atoms with Crippen molar-refractivity contribution < 1.29 is 9.90 Å². The molecule has 0 saturated heterocycles. The molecule has 142 valence electrons. The molecule has 2 aromatic carbocycles. The van der Waals surface area contributed by atoms with E-state index in [4.69, 9.17) is 0 Å². The number of para-hydroxylation sites is 1. The smallest absolute Gasteiger partial charge is 0.312 e. The Bertz CT molecular complexity index is 1250. The summed E-state index contributed by atoms with van der Waals surface area (Å²) in [5, 5.41) is 11.9. The number of aromatic hydroxyl groups is 1. The van der Waals surface area contributed by atoms with E-state index in [2.05, 4.69) is 20.9 Å². The van der Waals surface area contributed by atoms with Crippen LogP contribution in [0.5, 0.6) is 5.88 Å². The van der Waals surface area contributed by atoms with Gasteiger partial charge in [0.1, 0.15) is 11.5 Å². The molecule has 0 radical (unpaired) electrons. The molecule has 0 aliphatic carbocycles. The van der Waals surface area contributed by atoms with Gasteiger partial charge >= 0.3 is 4.87 Å². The van der Waals surface area contributed by atoms with Crippen LogP contribution in [-0.2, 0) is 11.5 Å². The first-order valence-corrected chi connectivity index (χ1v) is 10.3. The van der Waals surface area contributed by atoms with Crippen LogP contribution in [0.25, 0.3) is 5.57 Å². The molecule has 2 heterocycles. The lowest BCUT2D eigenvalue weighted by atomic mass is 10.1. The zero-order valence-electron chi connectivity index (χ0n) is 14.9. The highest BCUT2D eigenvalue weighted by molar-refractivity contribution is 9.10. The second kappa shape index (κ2) is 7.37. The van der Waals surface area contributed by atoms with E-state index < -0.39 is 5.91 Å². The summed E-state index contributed by atoms with van der Waals surface area (Å²) in [6.07, 6.45) is 0. The lowest BCUT2D eigenvalue weighted by molar-refractivity contribution is -0.112. The lowest BCUT2D eigenvalue weighted by Gasteiger charge is -2.23. The Morgan fingerprint density at radius 2 is 1.93 bits per heavy atom. The quantitative estimate of drug-likeness (QED) is 0.637. The molecule has 0 unspecified atom stereocenters. The molecule has 0 atom stereocenters. The summed E-state index contributed by atoms with van der Waals surface area (Å²) in [4.78, 5) is 31.0. The number of thiazole rings is 1. The van der Waals surface area contributed by atoms with Crippen LogP contribution in [0.4, 0.5) is 5.69 Å². The number of hydrogen-bond donors (Lipinski definition) is 1. The Kier molecular flexibility index (Phi) is 4.91. The van der Waals surface area contributed by atoms with E-state index in [1.54, 1.807) is 18.2 Å². The second-order valence-corrected chi connectivity index (χ2v) is 8.11. The van der Waals surface area contributed by atoms with Gasteiger partial charge in [0.25, 0.3) is 5.91 Å². The molecule has 1 N–H and O–H groups in total. The molecule has 28 heavy (non-hydrogen) atoms. The fourth-order valence-corrected chi connectivity index (χ4v) is 4.46. The number of nitrogens with zero attached hydrogens (tertiary/aromatic N) is 3.